The van der Waals surface area contributed by atoms with Crippen LogP contribution in [-0.2, 0) is 0 Å². The van der Waals surface area contributed by atoms with Crippen LogP contribution in [0.5, 0.6) is 0 Å². The second-order valence-corrected chi connectivity index (χ2v) is 6.94. The predicted octanol–water partition coefficient (Wildman–Crippen LogP) is 3.97. The minimum Gasteiger partial charge on any atom is -0.313 e. The second kappa shape index (κ2) is 6.30. The van der Waals surface area contributed by atoms with Crippen molar-refractivity contribution in [3.63, 3.8) is 0 Å². The van der Waals surface area contributed by atoms with E-state index in [1.807, 2.05) is 0 Å². The van der Waals surface area contributed by atoms with Crippen LogP contribution in [0.4, 0.5) is 0 Å². The van der Waals surface area contributed by atoms with E-state index in [0.717, 1.165) is 6.04 Å². The Morgan fingerprint density at radius 1 is 1.00 bits per heavy atom. The average Bonchev–Trinajstić information content (AvgIpc) is 2.63. The van der Waals surface area contributed by atoms with Gasteiger partial charge in [-0.25, -0.2) is 0 Å². The van der Waals surface area contributed by atoms with E-state index < -0.39 is 0 Å². The predicted molar refractivity (Wildman–Crippen MR) is 74.2 cm³/mol. The summed E-state index contributed by atoms with van der Waals surface area (Å²) < 4.78 is 0.590. The smallest absolute Gasteiger partial charge is 0.0281 e. The Morgan fingerprint density at radius 2 is 1.62 bits per heavy atom. The lowest BCUT2D eigenvalue weighted by molar-refractivity contribution is 0.423. The van der Waals surface area contributed by atoms with Gasteiger partial charge in [-0.05, 0) is 31.9 Å². The third kappa shape index (κ3) is 3.40. The minimum atomic E-state index is 0.590. The zero-order valence-corrected chi connectivity index (χ0v) is 11.6. The first kappa shape index (κ1) is 12.8. The fraction of sp³-hybridized carbons (Fsp3) is 1.00. The highest BCUT2D eigenvalue weighted by molar-refractivity contribution is 8.00. The van der Waals surface area contributed by atoms with Gasteiger partial charge in [-0.2, -0.15) is 11.8 Å². The second-order valence-electron chi connectivity index (χ2n) is 5.66. The molecule has 0 aromatic heterocycles. The SMILES string of the molecule is CSC1(CNC2CCCCCC2)CCCC1. The van der Waals surface area contributed by atoms with Crippen LogP contribution in [0.25, 0.3) is 0 Å². The molecule has 1 nitrogen and oxygen atoms in total. The van der Waals surface area contributed by atoms with Gasteiger partial charge >= 0.3 is 0 Å². The van der Waals surface area contributed by atoms with Crippen LogP contribution >= 0.6 is 11.8 Å². The van der Waals surface area contributed by atoms with E-state index in [1.165, 1.54) is 70.8 Å². The minimum absolute atomic E-state index is 0.590. The fourth-order valence-electron chi connectivity index (χ4n) is 3.29. The van der Waals surface area contributed by atoms with Crippen LogP contribution in [0.3, 0.4) is 0 Å². The van der Waals surface area contributed by atoms with Crippen molar-refractivity contribution in [3.05, 3.63) is 0 Å². The highest BCUT2D eigenvalue weighted by atomic mass is 32.2. The number of nitrogens with one attached hydrogen (secondary N) is 1. The van der Waals surface area contributed by atoms with Gasteiger partial charge in [0, 0.05) is 17.3 Å². The van der Waals surface area contributed by atoms with Crippen LogP contribution in [-0.4, -0.2) is 23.6 Å². The number of rotatable bonds is 4. The molecule has 0 bridgehead atoms. The maximum atomic E-state index is 3.87. The summed E-state index contributed by atoms with van der Waals surface area (Å²) in [5.74, 6) is 0. The zero-order valence-electron chi connectivity index (χ0n) is 10.8. The zero-order chi connectivity index (χ0) is 11.3. The molecule has 2 rings (SSSR count). The van der Waals surface area contributed by atoms with Crippen LogP contribution in [0.1, 0.15) is 64.2 Å². The van der Waals surface area contributed by atoms with Gasteiger partial charge in [-0.15, -0.1) is 0 Å². The maximum absolute atomic E-state index is 3.87. The fourth-order valence-corrected chi connectivity index (χ4v) is 4.21. The van der Waals surface area contributed by atoms with Gasteiger partial charge in [0.05, 0.1) is 0 Å². The Morgan fingerprint density at radius 3 is 2.19 bits per heavy atom. The van der Waals surface area contributed by atoms with Crippen molar-refractivity contribution < 1.29 is 0 Å². The molecule has 2 aliphatic carbocycles. The summed E-state index contributed by atoms with van der Waals surface area (Å²) in [5, 5.41) is 3.87. The third-order valence-corrected chi connectivity index (χ3v) is 5.93. The summed E-state index contributed by atoms with van der Waals surface area (Å²) in [6, 6.07) is 0.826. The molecule has 0 spiro atoms. The topological polar surface area (TPSA) is 12.0 Å². The maximum Gasteiger partial charge on any atom is 0.0281 e. The van der Waals surface area contributed by atoms with Crippen molar-refractivity contribution in [2.24, 2.45) is 0 Å². The molecule has 0 radical (unpaired) electrons. The van der Waals surface area contributed by atoms with E-state index in [2.05, 4.69) is 23.3 Å². The van der Waals surface area contributed by atoms with Gasteiger partial charge in [0.15, 0.2) is 0 Å². The molecular weight excluding hydrogens is 214 g/mol. The van der Waals surface area contributed by atoms with Crippen LogP contribution in [0.15, 0.2) is 0 Å². The molecule has 0 amide bonds. The third-order valence-electron chi connectivity index (χ3n) is 4.52. The molecule has 94 valence electrons. The number of hydrogen-bond acceptors (Lipinski definition) is 2. The highest BCUT2D eigenvalue weighted by Gasteiger charge is 2.33. The standard InChI is InChI=1S/C14H27NS/c1-16-14(10-6-7-11-14)12-15-13-8-4-2-3-5-9-13/h13,15H,2-12H2,1H3. The van der Waals surface area contributed by atoms with Gasteiger partial charge in [-0.3, -0.25) is 0 Å². The lowest BCUT2D eigenvalue weighted by Gasteiger charge is -2.29. The first-order chi connectivity index (χ1) is 7.85. The summed E-state index contributed by atoms with van der Waals surface area (Å²) >= 11 is 2.11. The van der Waals surface area contributed by atoms with Crippen molar-refractivity contribution in [2.45, 2.75) is 75.0 Å². The number of hydrogen-bond donors (Lipinski definition) is 1. The normalized spacial score (nSPS) is 26.8. The first-order valence-electron chi connectivity index (χ1n) is 7.13. The molecule has 1 N–H and O–H groups in total. The summed E-state index contributed by atoms with van der Waals surface area (Å²) in [5.41, 5.74) is 0. The quantitative estimate of drug-likeness (QED) is 0.747. The molecule has 0 aromatic carbocycles. The molecule has 2 aliphatic rings. The van der Waals surface area contributed by atoms with Gasteiger partial charge in [0.2, 0.25) is 0 Å². The Labute approximate surface area is 105 Å². The molecule has 2 heteroatoms. The van der Waals surface area contributed by atoms with Crippen LogP contribution in [0, 0.1) is 0 Å². The Hall–Kier alpha value is 0.310. The summed E-state index contributed by atoms with van der Waals surface area (Å²) in [6.45, 7) is 1.26. The molecule has 2 fully saturated rings. The molecule has 0 unspecified atom stereocenters. The van der Waals surface area contributed by atoms with E-state index in [0.29, 0.717) is 4.75 Å². The van der Waals surface area contributed by atoms with E-state index in [9.17, 15) is 0 Å². The summed E-state index contributed by atoms with van der Waals surface area (Å²) in [7, 11) is 0. The molecule has 0 aromatic rings. The van der Waals surface area contributed by atoms with E-state index in [1.54, 1.807) is 0 Å². The van der Waals surface area contributed by atoms with Crippen molar-refractivity contribution in [1.29, 1.82) is 0 Å². The first-order valence-corrected chi connectivity index (χ1v) is 8.36. The van der Waals surface area contributed by atoms with Crippen LogP contribution in [0.2, 0.25) is 0 Å². The van der Waals surface area contributed by atoms with E-state index in [4.69, 9.17) is 0 Å². The van der Waals surface area contributed by atoms with Crippen molar-refractivity contribution >= 4 is 11.8 Å². The molecule has 0 atom stereocenters. The molecule has 0 aliphatic heterocycles. The lowest BCUT2D eigenvalue weighted by atomic mass is 10.0. The summed E-state index contributed by atoms with van der Waals surface area (Å²) in [6.07, 6.45) is 16.8. The van der Waals surface area contributed by atoms with E-state index in [-0.39, 0.29) is 0 Å². The largest absolute Gasteiger partial charge is 0.313 e. The molecule has 0 heterocycles. The van der Waals surface area contributed by atoms with Gasteiger partial charge < -0.3 is 5.32 Å². The summed E-state index contributed by atoms with van der Waals surface area (Å²) in [4.78, 5) is 0. The van der Waals surface area contributed by atoms with Gasteiger partial charge in [0.25, 0.3) is 0 Å². The number of thioether (sulfide) groups is 1. The van der Waals surface area contributed by atoms with Crippen molar-refractivity contribution in [1.82, 2.24) is 5.32 Å². The molecule has 0 saturated heterocycles. The molecule has 16 heavy (non-hydrogen) atoms. The highest BCUT2D eigenvalue weighted by Crippen LogP contribution is 2.39. The Balaban J connectivity index is 1.76. The monoisotopic (exact) mass is 241 g/mol. The van der Waals surface area contributed by atoms with E-state index >= 15 is 0 Å². The lowest BCUT2D eigenvalue weighted by Crippen LogP contribution is -2.40. The molecule has 2 saturated carbocycles. The van der Waals surface area contributed by atoms with Gasteiger partial charge in [-0.1, -0.05) is 38.5 Å². The average molecular weight is 241 g/mol. The van der Waals surface area contributed by atoms with Crippen LogP contribution < -0.4 is 5.32 Å². The Bertz CT molecular complexity index is 191. The molecular formula is C14H27NS. The Kier molecular flexibility index (Phi) is 5.02. The van der Waals surface area contributed by atoms with Crippen molar-refractivity contribution in [3.8, 4) is 0 Å². The van der Waals surface area contributed by atoms with Crippen molar-refractivity contribution in [2.75, 3.05) is 12.8 Å². The van der Waals surface area contributed by atoms with Gasteiger partial charge in [0.1, 0.15) is 0 Å².